The Morgan fingerprint density at radius 2 is 1.95 bits per heavy atom. The zero-order valence-corrected chi connectivity index (χ0v) is 11.9. The molecule has 0 spiro atoms. The second kappa shape index (κ2) is 6.45. The number of amidine groups is 1. The highest BCUT2D eigenvalue weighted by molar-refractivity contribution is 9.10. The van der Waals surface area contributed by atoms with E-state index in [1.165, 1.54) is 0 Å². The summed E-state index contributed by atoms with van der Waals surface area (Å²) in [6.07, 6.45) is 1.63. The van der Waals surface area contributed by atoms with Crippen LogP contribution in [0.5, 0.6) is 0 Å². The first-order valence-electron chi connectivity index (χ1n) is 5.76. The number of rotatable bonds is 5. The molecular weight excluding hydrogens is 306 g/mol. The maximum Gasteiger partial charge on any atom is 0.141 e. The topological polar surface area (TPSA) is 72.0 Å². The molecule has 1 aromatic heterocycles. The lowest BCUT2D eigenvalue weighted by atomic mass is 10.2. The Kier molecular flexibility index (Phi) is 4.65. The maximum absolute atomic E-state index is 7.34. The molecule has 0 saturated carbocycles. The number of nitrogens with one attached hydrogen (secondary N) is 1. The van der Waals surface area contributed by atoms with E-state index in [-0.39, 0.29) is 5.84 Å². The van der Waals surface area contributed by atoms with E-state index in [2.05, 4.69) is 20.9 Å². The van der Waals surface area contributed by atoms with Gasteiger partial charge in [0.2, 0.25) is 0 Å². The molecule has 0 bridgehead atoms. The molecule has 19 heavy (non-hydrogen) atoms. The van der Waals surface area contributed by atoms with Crippen molar-refractivity contribution in [3.05, 3.63) is 63.9 Å². The first-order chi connectivity index (χ1) is 9.15. The summed E-state index contributed by atoms with van der Waals surface area (Å²) in [4.78, 5) is 4.01. The second-order valence-corrected chi connectivity index (χ2v) is 5.00. The predicted molar refractivity (Wildman–Crippen MR) is 77.9 cm³/mol. The summed E-state index contributed by atoms with van der Waals surface area (Å²) in [6, 6.07) is 11.6. The molecule has 0 aliphatic carbocycles. The van der Waals surface area contributed by atoms with Gasteiger partial charge in [-0.05, 0) is 35.4 Å². The highest BCUT2D eigenvalue weighted by Crippen LogP contribution is 2.13. The van der Waals surface area contributed by atoms with Crippen molar-refractivity contribution in [3.8, 4) is 0 Å². The molecule has 0 amide bonds. The Labute approximate surface area is 120 Å². The summed E-state index contributed by atoms with van der Waals surface area (Å²) >= 11 is 3.42. The average molecular weight is 320 g/mol. The normalized spacial score (nSPS) is 10.4. The van der Waals surface area contributed by atoms with Crippen LogP contribution in [0.3, 0.4) is 0 Å². The van der Waals surface area contributed by atoms with Crippen LogP contribution in [-0.2, 0) is 18.0 Å². The van der Waals surface area contributed by atoms with Crippen molar-refractivity contribution in [2.24, 2.45) is 5.73 Å². The third-order valence-corrected chi connectivity index (χ3v) is 3.02. The minimum absolute atomic E-state index is 0.0335. The van der Waals surface area contributed by atoms with Crippen molar-refractivity contribution in [2.45, 2.75) is 13.2 Å². The largest absolute Gasteiger partial charge is 0.382 e. The highest BCUT2D eigenvalue weighted by Gasteiger charge is 2.01. The van der Waals surface area contributed by atoms with E-state index in [0.717, 1.165) is 15.6 Å². The van der Waals surface area contributed by atoms with E-state index < -0.39 is 0 Å². The molecule has 4 nitrogen and oxygen atoms in total. The van der Waals surface area contributed by atoms with Crippen LogP contribution < -0.4 is 5.73 Å². The van der Waals surface area contributed by atoms with Gasteiger partial charge in [-0.3, -0.25) is 10.4 Å². The molecular formula is C14H14BrN3O. The number of pyridine rings is 1. The SMILES string of the molecule is N=C(N)c1cc(COCc2cccc(Br)c2)ccn1. The number of aromatic nitrogens is 1. The molecule has 2 rings (SSSR count). The number of ether oxygens (including phenoxy) is 1. The molecule has 5 heteroatoms. The number of halogens is 1. The molecule has 2 aromatic rings. The van der Waals surface area contributed by atoms with Gasteiger partial charge in [-0.2, -0.15) is 0 Å². The van der Waals surface area contributed by atoms with Gasteiger partial charge in [-0.15, -0.1) is 0 Å². The molecule has 0 aliphatic rings. The number of hydrogen-bond donors (Lipinski definition) is 2. The van der Waals surface area contributed by atoms with Crippen LogP contribution >= 0.6 is 15.9 Å². The first kappa shape index (κ1) is 13.7. The lowest BCUT2D eigenvalue weighted by molar-refractivity contribution is 0.107. The van der Waals surface area contributed by atoms with Crippen LogP contribution in [0.1, 0.15) is 16.8 Å². The monoisotopic (exact) mass is 319 g/mol. The van der Waals surface area contributed by atoms with Crippen molar-refractivity contribution in [3.63, 3.8) is 0 Å². The van der Waals surface area contributed by atoms with Gasteiger partial charge in [0, 0.05) is 10.7 Å². The van der Waals surface area contributed by atoms with E-state index >= 15 is 0 Å². The number of nitrogen functional groups attached to an aromatic ring is 1. The minimum atomic E-state index is -0.0335. The summed E-state index contributed by atoms with van der Waals surface area (Å²) in [5, 5.41) is 7.34. The van der Waals surface area contributed by atoms with Crippen LogP contribution in [0, 0.1) is 5.41 Å². The smallest absolute Gasteiger partial charge is 0.141 e. The fourth-order valence-electron chi connectivity index (χ4n) is 1.62. The number of benzene rings is 1. The highest BCUT2D eigenvalue weighted by atomic mass is 79.9. The molecule has 0 saturated heterocycles. The van der Waals surface area contributed by atoms with Gasteiger partial charge < -0.3 is 10.5 Å². The van der Waals surface area contributed by atoms with Gasteiger partial charge >= 0.3 is 0 Å². The molecule has 0 unspecified atom stereocenters. The quantitative estimate of drug-likeness (QED) is 0.657. The average Bonchev–Trinajstić information content (AvgIpc) is 2.39. The molecule has 1 aromatic carbocycles. The number of hydrogen-bond acceptors (Lipinski definition) is 3. The summed E-state index contributed by atoms with van der Waals surface area (Å²) in [5.74, 6) is -0.0335. The lowest BCUT2D eigenvalue weighted by Gasteiger charge is -2.06. The summed E-state index contributed by atoms with van der Waals surface area (Å²) < 4.78 is 6.67. The third kappa shape index (κ3) is 4.15. The number of nitrogens with zero attached hydrogens (tertiary/aromatic N) is 1. The lowest BCUT2D eigenvalue weighted by Crippen LogP contribution is -2.13. The van der Waals surface area contributed by atoms with Crippen molar-refractivity contribution in [1.29, 1.82) is 5.41 Å². The minimum Gasteiger partial charge on any atom is -0.382 e. The molecule has 3 N–H and O–H groups in total. The van der Waals surface area contributed by atoms with Gasteiger partial charge in [-0.1, -0.05) is 28.1 Å². The molecule has 0 fully saturated rings. The zero-order chi connectivity index (χ0) is 13.7. The molecule has 0 aliphatic heterocycles. The Bertz CT molecular complexity index is 586. The van der Waals surface area contributed by atoms with Crippen LogP contribution in [-0.4, -0.2) is 10.8 Å². The van der Waals surface area contributed by atoms with Crippen LogP contribution in [0.25, 0.3) is 0 Å². The van der Waals surface area contributed by atoms with Crippen molar-refractivity contribution >= 4 is 21.8 Å². The Morgan fingerprint density at radius 1 is 1.21 bits per heavy atom. The zero-order valence-electron chi connectivity index (χ0n) is 10.3. The standard InChI is InChI=1S/C14H14BrN3O/c15-12-3-1-2-10(6-12)8-19-9-11-4-5-18-13(7-11)14(16)17/h1-7H,8-9H2,(H3,16,17). The van der Waals surface area contributed by atoms with Crippen molar-refractivity contribution < 1.29 is 4.74 Å². The fraction of sp³-hybridized carbons (Fsp3) is 0.143. The Morgan fingerprint density at radius 3 is 2.63 bits per heavy atom. The summed E-state index contributed by atoms with van der Waals surface area (Å²) in [7, 11) is 0. The van der Waals surface area contributed by atoms with Gasteiger partial charge in [0.25, 0.3) is 0 Å². The molecule has 0 atom stereocenters. The molecule has 1 heterocycles. The fourth-order valence-corrected chi connectivity index (χ4v) is 2.07. The molecule has 98 valence electrons. The van der Waals surface area contributed by atoms with E-state index in [1.807, 2.05) is 30.3 Å². The Balaban J connectivity index is 1.92. The predicted octanol–water partition coefficient (Wildman–Crippen LogP) is 2.84. The van der Waals surface area contributed by atoms with Gasteiger partial charge in [0.15, 0.2) is 0 Å². The first-order valence-corrected chi connectivity index (χ1v) is 6.56. The van der Waals surface area contributed by atoms with Gasteiger partial charge in [0.1, 0.15) is 11.5 Å². The second-order valence-electron chi connectivity index (χ2n) is 4.09. The summed E-state index contributed by atoms with van der Waals surface area (Å²) in [6.45, 7) is 1.01. The van der Waals surface area contributed by atoms with E-state index in [1.54, 1.807) is 12.3 Å². The van der Waals surface area contributed by atoms with Crippen LogP contribution in [0.15, 0.2) is 47.1 Å². The summed E-state index contributed by atoms with van der Waals surface area (Å²) in [5.41, 5.74) is 7.93. The van der Waals surface area contributed by atoms with Crippen molar-refractivity contribution in [2.75, 3.05) is 0 Å². The number of nitrogens with two attached hydrogens (primary N) is 1. The van der Waals surface area contributed by atoms with Gasteiger partial charge in [-0.25, -0.2) is 0 Å². The van der Waals surface area contributed by atoms with Gasteiger partial charge in [0.05, 0.1) is 13.2 Å². The van der Waals surface area contributed by atoms with Crippen LogP contribution in [0.4, 0.5) is 0 Å². The van der Waals surface area contributed by atoms with Crippen LogP contribution in [0.2, 0.25) is 0 Å². The van der Waals surface area contributed by atoms with E-state index in [9.17, 15) is 0 Å². The maximum atomic E-state index is 7.34. The molecule has 0 radical (unpaired) electrons. The van der Waals surface area contributed by atoms with E-state index in [0.29, 0.717) is 18.9 Å². The third-order valence-electron chi connectivity index (χ3n) is 2.53. The van der Waals surface area contributed by atoms with E-state index in [4.69, 9.17) is 15.9 Å². The van der Waals surface area contributed by atoms with Crippen molar-refractivity contribution in [1.82, 2.24) is 4.98 Å². The Hall–Kier alpha value is -1.72.